The molecule has 2 heterocycles. The van der Waals surface area contributed by atoms with Gasteiger partial charge in [-0.25, -0.2) is 4.79 Å². The molecule has 33 heavy (non-hydrogen) atoms. The van der Waals surface area contributed by atoms with Crippen molar-refractivity contribution in [2.24, 2.45) is 17.2 Å². The minimum absolute atomic E-state index is 0.0640. The lowest BCUT2D eigenvalue weighted by Crippen LogP contribution is -2.36. The Bertz CT molecular complexity index is 567. The molecular formula is C22H45N5O5S. The van der Waals surface area contributed by atoms with Gasteiger partial charge in [0.1, 0.15) is 6.04 Å². The van der Waals surface area contributed by atoms with E-state index in [-0.39, 0.29) is 30.7 Å². The summed E-state index contributed by atoms with van der Waals surface area (Å²) in [5, 5.41) is 23.1. The van der Waals surface area contributed by atoms with Gasteiger partial charge in [0, 0.05) is 17.4 Å². The van der Waals surface area contributed by atoms with Crippen LogP contribution in [-0.2, 0) is 9.59 Å². The molecule has 2 amide bonds. The smallest absolute Gasteiger partial charge is 0.320 e. The van der Waals surface area contributed by atoms with Gasteiger partial charge in [0.25, 0.3) is 0 Å². The van der Waals surface area contributed by atoms with Gasteiger partial charge in [-0.15, -0.1) is 0 Å². The van der Waals surface area contributed by atoms with Gasteiger partial charge in [0.2, 0.25) is 0 Å². The van der Waals surface area contributed by atoms with Crippen LogP contribution in [0.3, 0.4) is 0 Å². The number of urea groups is 1. The molecule has 194 valence electrons. The number of hydrogen-bond donors (Lipinski definition) is 7. The number of aliphatic carboxylic acids is 2. The number of carboxylic acid groups (broad SMARTS) is 2. The number of nitrogens with two attached hydrogens (primary N) is 3. The molecule has 0 aromatic carbocycles. The zero-order chi connectivity index (χ0) is 25.2. The number of unbranched alkanes of at least 4 members (excludes halogenated alkanes) is 4. The summed E-state index contributed by atoms with van der Waals surface area (Å²) < 4.78 is 0. The largest absolute Gasteiger partial charge is 0.481 e. The number of carbonyl (C=O) groups is 3. The number of carbonyl (C=O) groups excluding carboxylic acids is 1. The van der Waals surface area contributed by atoms with E-state index < -0.39 is 18.0 Å². The summed E-state index contributed by atoms with van der Waals surface area (Å²) in [6.07, 6.45) is 9.91. The van der Waals surface area contributed by atoms with Crippen molar-refractivity contribution in [1.82, 2.24) is 10.6 Å². The lowest BCUT2D eigenvalue weighted by molar-refractivity contribution is -0.139. The first-order chi connectivity index (χ1) is 15.6. The van der Waals surface area contributed by atoms with Crippen LogP contribution in [-0.4, -0.2) is 63.5 Å². The van der Waals surface area contributed by atoms with Crippen molar-refractivity contribution in [3.63, 3.8) is 0 Å². The highest BCUT2D eigenvalue weighted by molar-refractivity contribution is 8.00. The van der Waals surface area contributed by atoms with Gasteiger partial charge in [-0.05, 0) is 25.7 Å². The summed E-state index contributed by atoms with van der Waals surface area (Å²) in [5.41, 5.74) is 15.8. The van der Waals surface area contributed by atoms with Gasteiger partial charge in [0.05, 0.1) is 18.2 Å². The Kier molecular flexibility index (Phi) is 17.9. The normalized spacial score (nSPS) is 21.6. The molecule has 2 aliphatic rings. The third-order valence-electron chi connectivity index (χ3n) is 5.39. The molecule has 0 bridgehead atoms. The summed E-state index contributed by atoms with van der Waals surface area (Å²) in [4.78, 5) is 31.5. The fourth-order valence-corrected chi connectivity index (χ4v) is 4.99. The Hall–Kier alpha value is -1.56. The predicted molar refractivity (Wildman–Crippen MR) is 133 cm³/mol. The van der Waals surface area contributed by atoms with Crippen LogP contribution < -0.4 is 27.8 Å². The standard InChI is InChI=1S/C10H16N2O3S.C6H16N2.C6H13NO2/c13-8(14)4-2-1-3-7-9-6(5-16-7)11-10(15)12-9;1-2-3-4-5-6(7)8;1-2-3-4-5(7)6(8)9/h6-7,9H,1-5H2,(H,13,14)(H2,11,12,15);6H,2-5,7-8H2,1H3;5H,2-4,7H2,1H3,(H,8,9)/t6-,7-,9-;;/m0../s1. The number of nitrogens with one attached hydrogen (secondary N) is 2. The van der Waals surface area contributed by atoms with Gasteiger partial charge >= 0.3 is 18.0 Å². The van der Waals surface area contributed by atoms with E-state index in [0.717, 1.165) is 44.3 Å². The van der Waals surface area contributed by atoms with Gasteiger partial charge in [-0.3, -0.25) is 9.59 Å². The molecule has 4 atom stereocenters. The summed E-state index contributed by atoms with van der Waals surface area (Å²) in [7, 11) is 0. The van der Waals surface area contributed by atoms with Crippen LogP contribution >= 0.6 is 11.8 Å². The number of fused-ring (bicyclic) bond motifs is 1. The quantitative estimate of drug-likeness (QED) is 0.115. The maximum Gasteiger partial charge on any atom is 0.320 e. The van der Waals surface area contributed by atoms with Gasteiger partial charge in [-0.1, -0.05) is 52.4 Å². The predicted octanol–water partition coefficient (Wildman–Crippen LogP) is 2.20. The van der Waals surface area contributed by atoms with Crippen LogP contribution in [0.4, 0.5) is 4.79 Å². The molecular weight excluding hydrogens is 446 g/mol. The van der Waals surface area contributed by atoms with Crippen LogP contribution in [0.15, 0.2) is 0 Å². The third kappa shape index (κ3) is 15.8. The zero-order valence-electron chi connectivity index (χ0n) is 20.1. The Morgan fingerprint density at radius 2 is 1.67 bits per heavy atom. The highest BCUT2D eigenvalue weighted by Gasteiger charge is 2.42. The molecule has 2 saturated heterocycles. The lowest BCUT2D eigenvalue weighted by atomic mass is 10.0. The molecule has 0 spiro atoms. The fraction of sp³-hybridized carbons (Fsp3) is 0.864. The summed E-state index contributed by atoms with van der Waals surface area (Å²) >= 11 is 1.87. The van der Waals surface area contributed by atoms with Gasteiger partial charge in [-0.2, -0.15) is 11.8 Å². The van der Waals surface area contributed by atoms with E-state index in [1.54, 1.807) is 0 Å². The summed E-state index contributed by atoms with van der Waals surface area (Å²) in [6, 6.07) is -0.222. The lowest BCUT2D eigenvalue weighted by Gasteiger charge is -2.16. The minimum Gasteiger partial charge on any atom is -0.481 e. The second-order valence-corrected chi connectivity index (χ2v) is 9.78. The van der Waals surface area contributed by atoms with E-state index in [2.05, 4.69) is 17.6 Å². The van der Waals surface area contributed by atoms with E-state index >= 15 is 0 Å². The molecule has 2 fully saturated rings. The molecule has 0 aliphatic carbocycles. The molecule has 10 nitrogen and oxygen atoms in total. The Morgan fingerprint density at radius 3 is 2.21 bits per heavy atom. The molecule has 2 aliphatic heterocycles. The third-order valence-corrected chi connectivity index (χ3v) is 6.90. The van der Waals surface area contributed by atoms with Crippen LogP contribution in [0.25, 0.3) is 0 Å². The molecule has 0 aromatic rings. The van der Waals surface area contributed by atoms with Crippen molar-refractivity contribution in [2.45, 2.75) is 114 Å². The first-order valence-corrected chi connectivity index (χ1v) is 13.1. The van der Waals surface area contributed by atoms with Crippen molar-refractivity contribution >= 4 is 29.7 Å². The maximum atomic E-state index is 11.1. The number of amides is 2. The monoisotopic (exact) mass is 491 g/mol. The number of carboxylic acids is 2. The van der Waals surface area contributed by atoms with Crippen LogP contribution in [0.2, 0.25) is 0 Å². The average Bonchev–Trinajstić information content (AvgIpc) is 3.29. The van der Waals surface area contributed by atoms with Gasteiger partial charge in [0.15, 0.2) is 0 Å². The number of thioether (sulfide) groups is 1. The van der Waals surface area contributed by atoms with Crippen molar-refractivity contribution in [3.05, 3.63) is 0 Å². The van der Waals surface area contributed by atoms with Crippen LogP contribution in [0, 0.1) is 0 Å². The number of hydrogen-bond acceptors (Lipinski definition) is 7. The van der Waals surface area contributed by atoms with E-state index in [1.165, 1.54) is 19.3 Å². The van der Waals surface area contributed by atoms with E-state index in [9.17, 15) is 14.4 Å². The Balaban J connectivity index is 0.000000516. The van der Waals surface area contributed by atoms with Crippen molar-refractivity contribution < 1.29 is 24.6 Å². The van der Waals surface area contributed by atoms with E-state index in [0.29, 0.717) is 11.7 Å². The highest BCUT2D eigenvalue weighted by atomic mass is 32.2. The summed E-state index contributed by atoms with van der Waals surface area (Å²) in [6.45, 7) is 4.18. The minimum atomic E-state index is -0.900. The molecule has 11 heteroatoms. The van der Waals surface area contributed by atoms with Crippen molar-refractivity contribution in [3.8, 4) is 0 Å². The van der Waals surface area contributed by atoms with Gasteiger partial charge < -0.3 is 38.0 Å². The SMILES string of the molecule is CCCCC(N)C(=O)O.CCCCCC(N)N.O=C(O)CCCC[C@@H]1SC[C@@H]2NC(=O)N[C@@H]21. The second kappa shape index (κ2) is 18.8. The first-order valence-electron chi connectivity index (χ1n) is 12.0. The molecule has 0 radical (unpaired) electrons. The second-order valence-electron chi connectivity index (χ2n) is 8.51. The molecule has 0 saturated carbocycles. The van der Waals surface area contributed by atoms with Crippen molar-refractivity contribution in [1.29, 1.82) is 0 Å². The average molecular weight is 492 g/mol. The molecule has 10 N–H and O–H groups in total. The summed E-state index contributed by atoms with van der Waals surface area (Å²) in [5.74, 6) is -0.663. The fourth-order valence-electron chi connectivity index (χ4n) is 3.44. The van der Waals surface area contributed by atoms with Crippen LogP contribution in [0.1, 0.15) is 84.5 Å². The zero-order valence-corrected chi connectivity index (χ0v) is 20.9. The number of rotatable bonds is 13. The Labute approximate surface area is 202 Å². The maximum absolute atomic E-state index is 11.1. The topological polar surface area (TPSA) is 194 Å². The highest BCUT2D eigenvalue weighted by Crippen LogP contribution is 2.33. The van der Waals surface area contributed by atoms with E-state index in [4.69, 9.17) is 27.4 Å². The molecule has 2 rings (SSSR count). The van der Waals surface area contributed by atoms with Crippen molar-refractivity contribution in [2.75, 3.05) is 5.75 Å². The van der Waals surface area contributed by atoms with Crippen LogP contribution in [0.5, 0.6) is 0 Å². The van der Waals surface area contributed by atoms with E-state index in [1.807, 2.05) is 18.7 Å². The molecule has 0 aromatic heterocycles. The Morgan fingerprint density at radius 1 is 1.00 bits per heavy atom. The first kappa shape index (κ1) is 31.4. The molecule has 1 unspecified atom stereocenters.